The van der Waals surface area contributed by atoms with Crippen molar-refractivity contribution in [3.63, 3.8) is 0 Å². The van der Waals surface area contributed by atoms with Gasteiger partial charge in [-0.25, -0.2) is 8.42 Å². The van der Waals surface area contributed by atoms with Crippen molar-refractivity contribution >= 4 is 21.4 Å². The molecule has 4 nitrogen and oxygen atoms in total. The third-order valence-electron chi connectivity index (χ3n) is 3.68. The number of amides is 1. The Morgan fingerprint density at radius 1 is 1.20 bits per heavy atom. The molecule has 0 radical (unpaired) electrons. The van der Waals surface area contributed by atoms with Gasteiger partial charge in [0.25, 0.3) is 0 Å². The van der Waals surface area contributed by atoms with Crippen LogP contribution < -0.4 is 4.90 Å². The van der Waals surface area contributed by atoms with Crippen molar-refractivity contribution in [1.29, 1.82) is 0 Å². The molecule has 5 heteroatoms. The molecule has 1 aliphatic carbocycles. The van der Waals surface area contributed by atoms with E-state index in [-0.39, 0.29) is 24.1 Å². The lowest BCUT2D eigenvalue weighted by atomic mass is 10.1. The average molecular weight is 295 g/mol. The number of nitrogens with zero attached hydrogens (tertiary/aromatic N) is 1. The highest BCUT2D eigenvalue weighted by Crippen LogP contribution is 2.28. The minimum atomic E-state index is -3.11. The van der Waals surface area contributed by atoms with Gasteiger partial charge in [0.2, 0.25) is 5.91 Å². The molecule has 0 N–H and O–H groups in total. The van der Waals surface area contributed by atoms with Crippen LogP contribution in [0.15, 0.2) is 30.3 Å². The van der Waals surface area contributed by atoms with Crippen LogP contribution in [-0.2, 0) is 14.6 Å². The Morgan fingerprint density at radius 2 is 1.80 bits per heavy atom. The van der Waals surface area contributed by atoms with E-state index in [1.54, 1.807) is 4.90 Å². The zero-order valence-corrected chi connectivity index (χ0v) is 12.6. The fourth-order valence-corrected chi connectivity index (χ4v) is 3.25. The number of carbonyl (C=O) groups excluding carboxylic acids is 1. The van der Waals surface area contributed by atoms with Crippen LogP contribution in [0.3, 0.4) is 0 Å². The molecule has 20 heavy (non-hydrogen) atoms. The van der Waals surface area contributed by atoms with E-state index in [1.165, 1.54) is 6.26 Å². The summed E-state index contributed by atoms with van der Waals surface area (Å²) in [5.41, 5.74) is 0.873. The number of anilines is 1. The van der Waals surface area contributed by atoms with Crippen molar-refractivity contribution in [1.82, 2.24) is 0 Å². The van der Waals surface area contributed by atoms with Gasteiger partial charge in [-0.2, -0.15) is 0 Å². The zero-order chi connectivity index (χ0) is 14.6. The SMILES string of the molecule is CS(=O)(=O)CCC(=O)N(c1ccccc1)C1CCCC1. The van der Waals surface area contributed by atoms with Gasteiger partial charge in [-0.05, 0) is 25.0 Å². The Hall–Kier alpha value is -1.36. The zero-order valence-electron chi connectivity index (χ0n) is 11.8. The molecule has 0 unspecified atom stereocenters. The Bertz CT molecular complexity index is 548. The summed E-state index contributed by atoms with van der Waals surface area (Å²) in [4.78, 5) is 14.2. The predicted octanol–water partition coefficient (Wildman–Crippen LogP) is 2.40. The second-order valence-electron chi connectivity index (χ2n) is 5.42. The molecule has 0 aliphatic heterocycles. The summed E-state index contributed by atoms with van der Waals surface area (Å²) in [6.45, 7) is 0. The molecule has 1 aromatic rings. The average Bonchev–Trinajstić information content (AvgIpc) is 2.91. The summed E-state index contributed by atoms with van der Waals surface area (Å²) in [5, 5.41) is 0. The highest BCUT2D eigenvalue weighted by molar-refractivity contribution is 7.90. The normalized spacial score (nSPS) is 16.2. The highest BCUT2D eigenvalue weighted by Gasteiger charge is 2.28. The molecule has 0 saturated heterocycles. The third kappa shape index (κ3) is 4.07. The molecule has 1 aromatic carbocycles. The van der Waals surface area contributed by atoms with Crippen LogP contribution in [0.5, 0.6) is 0 Å². The molecular weight excluding hydrogens is 274 g/mol. The van der Waals surface area contributed by atoms with E-state index in [9.17, 15) is 13.2 Å². The van der Waals surface area contributed by atoms with E-state index >= 15 is 0 Å². The predicted molar refractivity (Wildman–Crippen MR) is 80.5 cm³/mol. The van der Waals surface area contributed by atoms with Gasteiger partial charge >= 0.3 is 0 Å². The minimum Gasteiger partial charge on any atom is -0.309 e. The second kappa shape index (κ2) is 6.39. The molecule has 1 amide bonds. The van der Waals surface area contributed by atoms with Gasteiger partial charge in [-0.3, -0.25) is 4.79 Å². The van der Waals surface area contributed by atoms with Gasteiger partial charge in [-0.15, -0.1) is 0 Å². The molecular formula is C15H21NO3S. The van der Waals surface area contributed by atoms with Gasteiger partial charge < -0.3 is 4.90 Å². The fraction of sp³-hybridized carbons (Fsp3) is 0.533. The first-order chi connectivity index (χ1) is 9.47. The van der Waals surface area contributed by atoms with Gasteiger partial charge in [0, 0.05) is 24.4 Å². The maximum atomic E-state index is 12.4. The number of carbonyl (C=O) groups is 1. The summed E-state index contributed by atoms with van der Waals surface area (Å²) < 4.78 is 22.5. The van der Waals surface area contributed by atoms with Crippen molar-refractivity contribution in [2.45, 2.75) is 38.1 Å². The fourth-order valence-electron chi connectivity index (χ4n) is 2.70. The Morgan fingerprint density at radius 3 is 2.35 bits per heavy atom. The minimum absolute atomic E-state index is 0.0597. The van der Waals surface area contributed by atoms with E-state index in [0.717, 1.165) is 31.4 Å². The summed E-state index contributed by atoms with van der Waals surface area (Å²) in [6.07, 6.45) is 5.49. The van der Waals surface area contributed by atoms with E-state index in [1.807, 2.05) is 30.3 Å². The van der Waals surface area contributed by atoms with Gasteiger partial charge in [0.1, 0.15) is 9.84 Å². The molecule has 110 valence electrons. The standard InChI is InChI=1S/C15H21NO3S/c1-20(18,19)12-11-15(17)16(14-9-5-6-10-14)13-7-3-2-4-8-13/h2-4,7-8,14H,5-6,9-12H2,1H3. The lowest BCUT2D eigenvalue weighted by Gasteiger charge is -2.29. The number of hydrogen-bond donors (Lipinski definition) is 0. The molecule has 0 bridgehead atoms. The number of para-hydroxylation sites is 1. The molecule has 1 aliphatic rings. The monoisotopic (exact) mass is 295 g/mol. The summed E-state index contributed by atoms with van der Waals surface area (Å²) in [6, 6.07) is 9.76. The quantitative estimate of drug-likeness (QED) is 0.838. The van der Waals surface area contributed by atoms with E-state index in [2.05, 4.69) is 0 Å². The smallest absolute Gasteiger partial charge is 0.228 e. The van der Waals surface area contributed by atoms with Gasteiger partial charge in [-0.1, -0.05) is 31.0 Å². The molecule has 0 atom stereocenters. The van der Waals surface area contributed by atoms with Crippen LogP contribution in [0.25, 0.3) is 0 Å². The Balaban J connectivity index is 2.16. The molecule has 0 heterocycles. The van der Waals surface area contributed by atoms with Crippen LogP contribution in [0.4, 0.5) is 5.69 Å². The number of rotatable bonds is 5. The van der Waals surface area contributed by atoms with Crippen LogP contribution in [-0.4, -0.2) is 32.4 Å². The van der Waals surface area contributed by atoms with E-state index < -0.39 is 9.84 Å². The number of hydrogen-bond acceptors (Lipinski definition) is 3. The van der Waals surface area contributed by atoms with Crippen LogP contribution >= 0.6 is 0 Å². The van der Waals surface area contributed by atoms with Gasteiger partial charge in [0.05, 0.1) is 5.75 Å². The molecule has 1 fully saturated rings. The van der Waals surface area contributed by atoms with E-state index in [0.29, 0.717) is 0 Å². The van der Waals surface area contributed by atoms with Crippen LogP contribution in [0.2, 0.25) is 0 Å². The van der Waals surface area contributed by atoms with Crippen molar-refractivity contribution in [2.75, 3.05) is 16.9 Å². The largest absolute Gasteiger partial charge is 0.309 e. The first-order valence-corrected chi connectivity index (χ1v) is 9.08. The maximum absolute atomic E-state index is 12.4. The van der Waals surface area contributed by atoms with Gasteiger partial charge in [0.15, 0.2) is 0 Å². The van der Waals surface area contributed by atoms with Crippen molar-refractivity contribution < 1.29 is 13.2 Å². The summed E-state index contributed by atoms with van der Waals surface area (Å²) in [5.74, 6) is -0.171. The lowest BCUT2D eigenvalue weighted by Crippen LogP contribution is -2.39. The lowest BCUT2D eigenvalue weighted by molar-refractivity contribution is -0.118. The molecule has 0 spiro atoms. The highest BCUT2D eigenvalue weighted by atomic mass is 32.2. The van der Waals surface area contributed by atoms with Crippen LogP contribution in [0, 0.1) is 0 Å². The topological polar surface area (TPSA) is 54.5 Å². The van der Waals surface area contributed by atoms with Crippen molar-refractivity contribution in [3.8, 4) is 0 Å². The molecule has 0 aromatic heterocycles. The number of sulfone groups is 1. The van der Waals surface area contributed by atoms with Crippen LogP contribution in [0.1, 0.15) is 32.1 Å². The maximum Gasteiger partial charge on any atom is 0.228 e. The second-order valence-corrected chi connectivity index (χ2v) is 7.68. The Labute approximate surface area is 120 Å². The summed E-state index contributed by atoms with van der Waals surface area (Å²) in [7, 11) is -3.11. The van der Waals surface area contributed by atoms with Crippen molar-refractivity contribution in [2.24, 2.45) is 0 Å². The Kier molecular flexibility index (Phi) is 4.81. The summed E-state index contributed by atoms with van der Waals surface area (Å²) >= 11 is 0. The number of benzene rings is 1. The molecule has 1 saturated carbocycles. The van der Waals surface area contributed by atoms with Crippen molar-refractivity contribution in [3.05, 3.63) is 30.3 Å². The first kappa shape index (κ1) is 15.0. The third-order valence-corrected chi connectivity index (χ3v) is 4.63. The van der Waals surface area contributed by atoms with E-state index in [4.69, 9.17) is 0 Å². The first-order valence-electron chi connectivity index (χ1n) is 7.02. The molecule has 2 rings (SSSR count).